The lowest BCUT2D eigenvalue weighted by Crippen LogP contribution is -2.26. The Morgan fingerprint density at radius 2 is 2.00 bits per heavy atom. The third-order valence-electron chi connectivity index (χ3n) is 2.49. The van der Waals surface area contributed by atoms with Gasteiger partial charge >= 0.3 is 0 Å². The first-order valence-corrected chi connectivity index (χ1v) is 5.76. The molecule has 0 saturated carbocycles. The van der Waals surface area contributed by atoms with Gasteiger partial charge in [0.2, 0.25) is 5.91 Å². The molecule has 2 atom stereocenters. The first kappa shape index (κ1) is 13.5. The van der Waals surface area contributed by atoms with Gasteiger partial charge in [-0.1, -0.05) is 25.1 Å². The van der Waals surface area contributed by atoms with E-state index >= 15 is 0 Å². The van der Waals surface area contributed by atoms with Crippen LogP contribution in [0.4, 0.5) is 0 Å². The molecule has 0 radical (unpaired) electrons. The lowest BCUT2D eigenvalue weighted by Gasteiger charge is -2.14. The number of benzene rings is 1. The lowest BCUT2D eigenvalue weighted by atomic mass is 10.1. The number of ether oxygens (including phenoxy) is 1. The largest absolute Gasteiger partial charge is 0.492 e. The average Bonchev–Trinajstić information content (AvgIpc) is 2.26. The summed E-state index contributed by atoms with van der Waals surface area (Å²) < 4.78 is 5.60. The van der Waals surface area contributed by atoms with Crippen molar-refractivity contribution in [3.05, 3.63) is 29.8 Å². The Hall–Kier alpha value is -1.55. The zero-order chi connectivity index (χ0) is 12.8. The van der Waals surface area contributed by atoms with Gasteiger partial charge in [-0.25, -0.2) is 0 Å². The van der Waals surface area contributed by atoms with Crippen LogP contribution in [0.15, 0.2) is 24.3 Å². The monoisotopic (exact) mass is 236 g/mol. The molecule has 1 aromatic carbocycles. The lowest BCUT2D eigenvalue weighted by molar-refractivity contribution is -0.122. The van der Waals surface area contributed by atoms with E-state index in [2.05, 4.69) is 0 Å². The fourth-order valence-corrected chi connectivity index (χ4v) is 1.46. The molecule has 0 aromatic heterocycles. The van der Waals surface area contributed by atoms with Crippen molar-refractivity contribution in [1.82, 2.24) is 0 Å². The molecule has 0 aliphatic carbocycles. The van der Waals surface area contributed by atoms with Crippen LogP contribution in [0, 0.1) is 5.92 Å². The highest BCUT2D eigenvalue weighted by atomic mass is 16.5. The van der Waals surface area contributed by atoms with E-state index in [9.17, 15) is 4.79 Å². The Morgan fingerprint density at radius 1 is 1.35 bits per heavy atom. The Bertz CT molecular complexity index is 377. The van der Waals surface area contributed by atoms with Crippen LogP contribution in [0.2, 0.25) is 0 Å². The maximum Gasteiger partial charge on any atom is 0.223 e. The van der Waals surface area contributed by atoms with Crippen LogP contribution in [-0.4, -0.2) is 18.6 Å². The molecule has 2 unspecified atom stereocenters. The predicted molar refractivity (Wildman–Crippen MR) is 67.6 cm³/mol. The summed E-state index contributed by atoms with van der Waals surface area (Å²) in [4.78, 5) is 10.9. The molecule has 0 bridgehead atoms. The van der Waals surface area contributed by atoms with E-state index in [1.165, 1.54) is 0 Å². The Balaban J connectivity index is 2.66. The van der Waals surface area contributed by atoms with E-state index in [4.69, 9.17) is 16.2 Å². The molecule has 0 fully saturated rings. The molecule has 1 aromatic rings. The van der Waals surface area contributed by atoms with Crippen LogP contribution in [0.3, 0.4) is 0 Å². The van der Waals surface area contributed by atoms with Gasteiger partial charge in [-0.2, -0.15) is 0 Å². The second-order valence-corrected chi connectivity index (χ2v) is 4.40. The SMILES string of the molecule is CC(N)Cc1ccccc1OCC(C)C(N)=O. The molecule has 17 heavy (non-hydrogen) atoms. The van der Waals surface area contributed by atoms with Crippen LogP contribution in [0.25, 0.3) is 0 Å². The Labute approximate surface area is 102 Å². The second-order valence-electron chi connectivity index (χ2n) is 4.40. The quantitative estimate of drug-likeness (QED) is 0.775. The number of hydrogen-bond acceptors (Lipinski definition) is 3. The van der Waals surface area contributed by atoms with Gasteiger partial charge in [-0.3, -0.25) is 4.79 Å². The van der Waals surface area contributed by atoms with E-state index in [0.29, 0.717) is 6.61 Å². The van der Waals surface area contributed by atoms with E-state index in [0.717, 1.165) is 17.7 Å². The number of hydrogen-bond donors (Lipinski definition) is 2. The van der Waals surface area contributed by atoms with Crippen LogP contribution in [0.5, 0.6) is 5.75 Å². The molecule has 4 N–H and O–H groups in total. The summed E-state index contributed by atoms with van der Waals surface area (Å²) in [6, 6.07) is 7.78. The first-order chi connectivity index (χ1) is 8.00. The van der Waals surface area contributed by atoms with Crippen LogP contribution in [-0.2, 0) is 11.2 Å². The van der Waals surface area contributed by atoms with Crippen LogP contribution in [0.1, 0.15) is 19.4 Å². The van der Waals surface area contributed by atoms with Crippen molar-refractivity contribution in [2.45, 2.75) is 26.3 Å². The van der Waals surface area contributed by atoms with E-state index in [-0.39, 0.29) is 17.9 Å². The summed E-state index contributed by atoms with van der Waals surface area (Å²) in [6.07, 6.45) is 0.751. The molecule has 94 valence electrons. The normalized spacial score (nSPS) is 14.1. The van der Waals surface area contributed by atoms with Gasteiger partial charge in [0.15, 0.2) is 0 Å². The molecule has 0 saturated heterocycles. The number of amides is 1. The minimum absolute atomic E-state index is 0.0771. The van der Waals surface area contributed by atoms with E-state index < -0.39 is 0 Å². The van der Waals surface area contributed by atoms with Crippen molar-refractivity contribution in [1.29, 1.82) is 0 Å². The van der Waals surface area contributed by atoms with E-state index in [1.807, 2.05) is 31.2 Å². The van der Waals surface area contributed by atoms with Gasteiger partial charge in [0.25, 0.3) is 0 Å². The van der Waals surface area contributed by atoms with Crippen molar-refractivity contribution >= 4 is 5.91 Å². The number of rotatable bonds is 6. The van der Waals surface area contributed by atoms with Crippen LogP contribution >= 0.6 is 0 Å². The fourth-order valence-electron chi connectivity index (χ4n) is 1.46. The van der Waals surface area contributed by atoms with Gasteiger partial charge in [0, 0.05) is 6.04 Å². The zero-order valence-corrected chi connectivity index (χ0v) is 10.3. The molecule has 4 nitrogen and oxygen atoms in total. The standard InChI is InChI=1S/C13H20N2O2/c1-9(13(15)16)8-17-12-6-4-3-5-11(12)7-10(2)14/h3-6,9-10H,7-8,14H2,1-2H3,(H2,15,16). The summed E-state index contributed by atoms with van der Waals surface area (Å²) in [6.45, 7) is 3.99. The van der Waals surface area contributed by atoms with Gasteiger partial charge in [0.05, 0.1) is 12.5 Å². The molecule has 4 heteroatoms. The molecule has 0 heterocycles. The minimum atomic E-state index is -0.352. The summed E-state index contributed by atoms with van der Waals surface area (Å²) in [5, 5.41) is 0. The molecule has 0 aliphatic heterocycles. The molecule has 1 rings (SSSR count). The highest BCUT2D eigenvalue weighted by molar-refractivity contribution is 5.76. The first-order valence-electron chi connectivity index (χ1n) is 5.76. The minimum Gasteiger partial charge on any atom is -0.492 e. The van der Waals surface area contributed by atoms with Gasteiger partial charge in [-0.05, 0) is 25.0 Å². The molecule has 0 aliphatic rings. The Morgan fingerprint density at radius 3 is 2.59 bits per heavy atom. The highest BCUT2D eigenvalue weighted by Crippen LogP contribution is 2.19. The second kappa shape index (κ2) is 6.25. The number of carbonyl (C=O) groups excluding carboxylic acids is 1. The van der Waals surface area contributed by atoms with Crippen molar-refractivity contribution in [2.24, 2.45) is 17.4 Å². The third kappa shape index (κ3) is 4.44. The molecular formula is C13H20N2O2. The van der Waals surface area contributed by atoms with Gasteiger partial charge in [-0.15, -0.1) is 0 Å². The third-order valence-corrected chi connectivity index (χ3v) is 2.49. The Kier molecular flexibility index (Phi) is 4.97. The number of primary amides is 1. The summed E-state index contributed by atoms with van der Waals surface area (Å²) in [7, 11) is 0. The van der Waals surface area contributed by atoms with Crippen molar-refractivity contribution in [2.75, 3.05) is 6.61 Å². The van der Waals surface area contributed by atoms with Crippen molar-refractivity contribution in [3.63, 3.8) is 0 Å². The maximum atomic E-state index is 10.9. The molecule has 0 spiro atoms. The molecular weight excluding hydrogens is 216 g/mol. The summed E-state index contributed by atoms with van der Waals surface area (Å²) in [5.41, 5.74) is 12.0. The number of nitrogens with two attached hydrogens (primary N) is 2. The van der Waals surface area contributed by atoms with Crippen molar-refractivity contribution in [3.8, 4) is 5.75 Å². The van der Waals surface area contributed by atoms with Gasteiger partial charge in [0.1, 0.15) is 5.75 Å². The average molecular weight is 236 g/mol. The van der Waals surface area contributed by atoms with E-state index in [1.54, 1.807) is 6.92 Å². The fraction of sp³-hybridized carbons (Fsp3) is 0.462. The van der Waals surface area contributed by atoms with Crippen molar-refractivity contribution < 1.29 is 9.53 Å². The molecule has 1 amide bonds. The topological polar surface area (TPSA) is 78.3 Å². The predicted octanol–water partition coefficient (Wildman–Crippen LogP) is 1.08. The summed E-state index contributed by atoms with van der Waals surface area (Å²) >= 11 is 0. The van der Waals surface area contributed by atoms with Gasteiger partial charge < -0.3 is 16.2 Å². The zero-order valence-electron chi connectivity index (χ0n) is 10.3. The van der Waals surface area contributed by atoms with Crippen LogP contribution < -0.4 is 16.2 Å². The summed E-state index contributed by atoms with van der Waals surface area (Å²) in [5.74, 6) is 0.130. The number of carbonyl (C=O) groups is 1. The highest BCUT2D eigenvalue weighted by Gasteiger charge is 2.11. The smallest absolute Gasteiger partial charge is 0.223 e. The number of para-hydroxylation sites is 1. The maximum absolute atomic E-state index is 10.9.